The first-order chi connectivity index (χ1) is 50.1. The van der Waals surface area contributed by atoms with E-state index in [0.717, 1.165) is 118 Å². The first-order valence-electron chi connectivity index (χ1n) is 34.9. The highest BCUT2D eigenvalue weighted by Crippen LogP contribution is 2.39. The number of methoxy groups -OCH3 is 4. The molecule has 4 saturated heterocycles. The average Bonchev–Trinajstić information content (AvgIpc) is 1.70. The fourth-order valence-electron chi connectivity index (χ4n) is 12.7. The number of carbonyl (C=O) groups is 3. The topological polar surface area (TPSA) is 170 Å². The Bertz CT molecular complexity index is 3510. The molecule has 5 aromatic carbocycles. The van der Waals surface area contributed by atoms with E-state index in [0.29, 0.717) is 82.9 Å². The average molecular weight is 1510 g/mol. The number of likely N-dealkylation sites (tertiary alicyclic amines) is 4. The van der Waals surface area contributed by atoms with E-state index in [9.17, 15) is 68.0 Å². The fourth-order valence-corrected chi connectivity index (χ4v) is 13.4. The Morgan fingerprint density at radius 1 is 0.476 bits per heavy atom. The zero-order valence-electron chi connectivity index (χ0n) is 61.6. The number of ether oxygens (including phenoxy) is 7. The molecule has 582 valence electrons. The van der Waals surface area contributed by atoms with Gasteiger partial charge in [0.1, 0.15) is 0 Å². The van der Waals surface area contributed by atoms with Gasteiger partial charge in [0.2, 0.25) is 6.54 Å². The van der Waals surface area contributed by atoms with Crippen LogP contribution in [-0.4, -0.2) is 228 Å². The number of halogens is 10. The van der Waals surface area contributed by atoms with Crippen LogP contribution in [0.25, 0.3) is 10.9 Å². The van der Waals surface area contributed by atoms with Gasteiger partial charge in [0, 0.05) is 149 Å². The summed E-state index contributed by atoms with van der Waals surface area (Å²) in [5.74, 6) is -9.09. The zero-order valence-corrected chi connectivity index (χ0v) is 62.5. The molecule has 0 aromatic heterocycles. The molecule has 8 atom stereocenters. The molecule has 0 unspecified atom stereocenters. The van der Waals surface area contributed by atoms with Crippen molar-refractivity contribution in [3.63, 3.8) is 0 Å². The predicted octanol–water partition coefficient (Wildman–Crippen LogP) is 13.1. The van der Waals surface area contributed by atoms with Gasteiger partial charge in [-0.1, -0.05) is 43.7 Å². The van der Waals surface area contributed by atoms with Crippen LogP contribution < -0.4 is 0 Å². The summed E-state index contributed by atoms with van der Waals surface area (Å²) in [5.41, 5.74) is 3.46. The number of rotatable bonds is 27. The van der Waals surface area contributed by atoms with Gasteiger partial charge in [0.15, 0.2) is 58.2 Å². The van der Waals surface area contributed by atoms with Crippen molar-refractivity contribution in [2.45, 2.75) is 57.8 Å². The third-order valence-corrected chi connectivity index (χ3v) is 19.0. The molecule has 28 heteroatoms. The van der Waals surface area contributed by atoms with E-state index < -0.39 is 71.3 Å². The Kier molecular flexibility index (Phi) is 40.9. The minimum atomic E-state index is -2.23. The molecule has 0 aliphatic carbocycles. The van der Waals surface area contributed by atoms with Crippen LogP contribution in [0, 0.1) is 88.4 Å². The third kappa shape index (κ3) is 31.0. The SMILES string of the molecule is CCOC(=O)/C=C/c1ccc(F)c(F)c1.CCOC(=O)CP(C)(C)=O.CCOC(=O)[C@@H]1CN(CCOC)C[C@H]1c1ccc(F)c(F)c1.CC[C@@H]1CN(CCOC)C[C@H]1c1ccc(F)c(F)c1.COCCN1C[C@@H](CO)[C@H](c2ccc(F)c(F)c2)C1.[C-]#[N+]C[C@@H]1CN(CCOC)C[C@H]1c1ccc(F)c(F)c1. The lowest BCUT2D eigenvalue weighted by atomic mass is 9.87. The van der Waals surface area contributed by atoms with Gasteiger partial charge in [-0.05, 0) is 135 Å². The quantitative estimate of drug-likeness (QED) is 0.0131. The number of aliphatic hydroxyl groups is 1. The monoisotopic (exact) mass is 1510 g/mol. The molecule has 4 heterocycles. The number of carbonyl (C=O) groups excluding carboxylic acids is 3. The molecule has 4 fully saturated rings. The normalized spacial score (nSPS) is 20.2. The van der Waals surface area contributed by atoms with Crippen molar-refractivity contribution in [2.24, 2.45) is 23.7 Å². The van der Waals surface area contributed by atoms with Gasteiger partial charge in [-0.25, -0.2) is 55.3 Å². The summed E-state index contributed by atoms with van der Waals surface area (Å²) in [7, 11) is 4.38. The van der Waals surface area contributed by atoms with E-state index in [1.807, 2.05) is 0 Å². The lowest BCUT2D eigenvalue weighted by Gasteiger charge is -2.17. The molecule has 0 spiro atoms. The molecule has 4 aliphatic heterocycles. The van der Waals surface area contributed by atoms with Gasteiger partial charge < -0.3 is 57.5 Å². The second-order valence-corrected chi connectivity index (χ2v) is 29.5. The molecule has 0 saturated carbocycles. The molecule has 4 aliphatic rings. The summed E-state index contributed by atoms with van der Waals surface area (Å²) < 4.78 is 176. The Balaban J connectivity index is 0.000000270. The first-order valence-corrected chi connectivity index (χ1v) is 37.6. The van der Waals surface area contributed by atoms with Gasteiger partial charge in [-0.15, -0.1) is 0 Å². The van der Waals surface area contributed by atoms with Crippen LogP contribution in [0.5, 0.6) is 0 Å². The van der Waals surface area contributed by atoms with Crippen LogP contribution in [0.3, 0.4) is 0 Å². The largest absolute Gasteiger partial charge is 0.466 e. The summed E-state index contributed by atoms with van der Waals surface area (Å²) >= 11 is 0. The summed E-state index contributed by atoms with van der Waals surface area (Å²) in [6, 6.07) is 19.5. The Labute approximate surface area is 611 Å². The molecule has 0 amide bonds. The van der Waals surface area contributed by atoms with Crippen molar-refractivity contribution in [3.05, 3.63) is 194 Å². The minimum Gasteiger partial charge on any atom is -0.466 e. The number of aliphatic hydroxyl groups excluding tert-OH is 1. The minimum absolute atomic E-state index is 0.0388. The summed E-state index contributed by atoms with van der Waals surface area (Å²) in [6.45, 7) is 30.7. The lowest BCUT2D eigenvalue weighted by molar-refractivity contribution is -0.148. The summed E-state index contributed by atoms with van der Waals surface area (Å²) in [6.07, 6.45) is 3.63. The molecular formula is C77H102F10N5O12P. The van der Waals surface area contributed by atoms with Crippen LogP contribution in [0.15, 0.2) is 97.1 Å². The number of hydrogen-bond acceptors (Lipinski definition) is 16. The Morgan fingerprint density at radius 3 is 1.19 bits per heavy atom. The van der Waals surface area contributed by atoms with Crippen LogP contribution in [0.4, 0.5) is 43.9 Å². The number of esters is 3. The first kappa shape index (κ1) is 90.3. The van der Waals surface area contributed by atoms with Gasteiger partial charge in [-0.3, -0.25) is 19.4 Å². The maximum Gasteiger partial charge on any atom is 0.330 e. The Hall–Kier alpha value is -7.09. The highest BCUT2D eigenvalue weighted by Gasteiger charge is 2.40. The molecule has 0 bridgehead atoms. The molecule has 5 aromatic rings. The van der Waals surface area contributed by atoms with Crippen molar-refractivity contribution in [1.29, 1.82) is 0 Å². The maximum absolute atomic E-state index is 13.5. The van der Waals surface area contributed by atoms with Gasteiger partial charge in [0.25, 0.3) is 0 Å². The highest BCUT2D eigenvalue weighted by atomic mass is 31.2. The van der Waals surface area contributed by atoms with Crippen molar-refractivity contribution < 1.29 is 101 Å². The van der Waals surface area contributed by atoms with Gasteiger partial charge in [0.05, 0.1) is 71.4 Å². The van der Waals surface area contributed by atoms with Crippen molar-refractivity contribution >= 4 is 31.1 Å². The Morgan fingerprint density at radius 2 is 0.829 bits per heavy atom. The third-order valence-electron chi connectivity index (χ3n) is 18.0. The van der Waals surface area contributed by atoms with Crippen LogP contribution in [0.2, 0.25) is 0 Å². The van der Waals surface area contributed by atoms with E-state index in [1.54, 1.807) is 80.7 Å². The van der Waals surface area contributed by atoms with E-state index in [-0.39, 0.29) is 72.7 Å². The van der Waals surface area contributed by atoms with E-state index >= 15 is 0 Å². The van der Waals surface area contributed by atoms with E-state index in [2.05, 4.69) is 40.8 Å². The molecule has 0 radical (unpaired) electrons. The maximum atomic E-state index is 13.5. The fraction of sp³-hybridized carbons (Fsp3) is 0.532. The molecular weight excluding hydrogens is 1410 g/mol. The van der Waals surface area contributed by atoms with E-state index in [1.165, 1.54) is 48.5 Å². The molecule has 9 rings (SSSR count). The lowest BCUT2D eigenvalue weighted by Crippen LogP contribution is -2.27. The number of nitrogens with zero attached hydrogens (tertiary/aromatic N) is 5. The summed E-state index contributed by atoms with van der Waals surface area (Å²) in [5, 5.41) is 9.44. The van der Waals surface area contributed by atoms with Crippen LogP contribution in [-0.2, 0) is 52.1 Å². The van der Waals surface area contributed by atoms with Crippen molar-refractivity contribution in [1.82, 2.24) is 19.6 Å². The predicted molar refractivity (Wildman–Crippen MR) is 382 cm³/mol. The molecule has 1 N–H and O–H groups in total. The summed E-state index contributed by atoms with van der Waals surface area (Å²) in [4.78, 5) is 46.0. The van der Waals surface area contributed by atoms with E-state index in [4.69, 9.17) is 30.3 Å². The zero-order chi connectivity index (χ0) is 77.8. The number of benzene rings is 5. The standard InChI is InChI=1S/C16H21F2NO3.C15H18F2N2O.C15H21F2NO.C14H19F2NO2.C11H10F2O2.C6H13O3P/c1-3-22-16(20)13-10-19(6-7-21-2)9-12(13)11-4-5-14(17)15(18)8-11;1-18-8-12-9-19(5-6-20-2)10-13(12)11-3-4-14(16)15(17)7-11;1-3-11-9-18(6-7-19-2)10-13(11)12-4-5-14(16)15(17)8-12;1-19-5-4-17-7-11(9-18)12(8-17)10-2-3-13(15)14(16)6-10;1-2-15-11(14)6-4-8-3-5-9(12)10(13)7-8;1-4-9-6(7)5-10(2,3)8/h4-5,8,12-13H,3,6-7,9-10H2,1-2H3;3-4,7,12-13H,5-6,8-10H2,2H3;4-5,8,11,13H,3,6-7,9-10H2,1-2H3;2-3,6,11-12,18H,4-5,7-9H2,1H3;3-7H,2H2,1H3;4-5H2,1-3H3/b;;;;6-4+;/t2*12-,13+;11-,13-;11-,12-;;/m0110../s1. The van der Waals surface area contributed by atoms with Crippen LogP contribution in [0.1, 0.15) is 85.6 Å². The van der Waals surface area contributed by atoms with Crippen LogP contribution >= 0.6 is 7.14 Å². The highest BCUT2D eigenvalue weighted by molar-refractivity contribution is 7.63. The van der Waals surface area contributed by atoms with Gasteiger partial charge in [-0.2, -0.15) is 0 Å². The molecule has 17 nitrogen and oxygen atoms in total. The van der Waals surface area contributed by atoms with Crippen molar-refractivity contribution in [3.8, 4) is 0 Å². The number of hydrogen-bond donors (Lipinski definition) is 1. The van der Waals surface area contributed by atoms with Gasteiger partial charge >= 0.3 is 17.9 Å². The molecule has 105 heavy (non-hydrogen) atoms. The smallest absolute Gasteiger partial charge is 0.330 e. The second-order valence-electron chi connectivity index (χ2n) is 26.0. The van der Waals surface area contributed by atoms with Crippen molar-refractivity contribution in [2.75, 3.05) is 186 Å². The second kappa shape index (κ2) is 47.6.